The fraction of sp³-hybridized carbons (Fsp3) is 0.286. The highest BCUT2D eigenvalue weighted by atomic mass is 32.2. The van der Waals surface area contributed by atoms with Crippen LogP contribution < -0.4 is 4.18 Å². The van der Waals surface area contributed by atoms with Gasteiger partial charge in [0.1, 0.15) is 8.07 Å². The maximum atomic E-state index is 13.6. The van der Waals surface area contributed by atoms with E-state index >= 15 is 0 Å². The number of hydrogen-bond donors (Lipinski definition) is 0. The van der Waals surface area contributed by atoms with Gasteiger partial charge in [-0.1, -0.05) is 120 Å². The number of aliphatic imine (C=N–C) groups is 1. The average molecular weight is 636 g/mol. The molecular formula is C35H36F3NO3SSi. The Balaban J connectivity index is 2.02. The molecule has 0 radical (unpaired) electrons. The third-order valence-electron chi connectivity index (χ3n) is 8.02. The van der Waals surface area contributed by atoms with Crippen molar-refractivity contribution in [2.45, 2.75) is 63.7 Å². The van der Waals surface area contributed by atoms with Crippen molar-refractivity contribution >= 4 is 40.4 Å². The van der Waals surface area contributed by atoms with Gasteiger partial charge in [-0.25, -0.2) is 4.99 Å². The molecule has 0 aliphatic rings. The molecule has 0 atom stereocenters. The lowest BCUT2D eigenvalue weighted by Crippen LogP contribution is -2.43. The molecule has 44 heavy (non-hydrogen) atoms. The van der Waals surface area contributed by atoms with E-state index in [-0.39, 0.29) is 11.1 Å². The normalized spacial score (nSPS) is 12.4. The Morgan fingerprint density at radius 2 is 1.30 bits per heavy atom. The van der Waals surface area contributed by atoms with E-state index in [4.69, 9.17) is 9.18 Å². The number of hydrogen-bond acceptors (Lipinski definition) is 4. The van der Waals surface area contributed by atoms with E-state index in [0.29, 0.717) is 33.3 Å². The summed E-state index contributed by atoms with van der Waals surface area (Å²) in [5.41, 5.74) is 1.68. The Morgan fingerprint density at radius 1 is 0.773 bits per heavy atom. The predicted octanol–water partition coefficient (Wildman–Crippen LogP) is 9.81. The summed E-state index contributed by atoms with van der Waals surface area (Å²) in [6.07, 6.45) is 0. The molecule has 0 bridgehead atoms. The molecule has 0 fully saturated rings. The maximum absolute atomic E-state index is 13.6. The minimum absolute atomic E-state index is 0.187. The zero-order chi connectivity index (χ0) is 32.3. The Kier molecular flexibility index (Phi) is 9.76. The molecule has 0 amide bonds. The Morgan fingerprint density at radius 3 is 1.77 bits per heavy atom. The van der Waals surface area contributed by atoms with Crippen LogP contribution in [0.15, 0.2) is 96.0 Å². The molecule has 0 saturated carbocycles. The van der Waals surface area contributed by atoms with Gasteiger partial charge in [0.2, 0.25) is 0 Å². The van der Waals surface area contributed by atoms with Crippen LogP contribution in [0, 0.1) is 11.5 Å². The van der Waals surface area contributed by atoms with E-state index < -0.39 is 29.4 Å². The molecule has 0 heterocycles. The molecular weight excluding hydrogens is 600 g/mol. The topological polar surface area (TPSA) is 55.7 Å². The van der Waals surface area contributed by atoms with Crippen LogP contribution in [0.1, 0.15) is 58.2 Å². The van der Waals surface area contributed by atoms with E-state index in [1.165, 1.54) is 6.07 Å². The number of alkyl halides is 3. The first-order chi connectivity index (χ1) is 20.7. The number of fused-ring (bicyclic) bond motifs is 1. The van der Waals surface area contributed by atoms with Crippen molar-refractivity contribution in [2.24, 2.45) is 4.99 Å². The van der Waals surface area contributed by atoms with Crippen LogP contribution in [-0.2, 0) is 10.1 Å². The van der Waals surface area contributed by atoms with Crippen molar-refractivity contribution < 1.29 is 25.8 Å². The summed E-state index contributed by atoms with van der Waals surface area (Å²) >= 11 is 0. The van der Waals surface area contributed by atoms with Crippen LogP contribution in [0.3, 0.4) is 0 Å². The molecule has 0 unspecified atom stereocenters. The predicted molar refractivity (Wildman–Crippen MR) is 176 cm³/mol. The van der Waals surface area contributed by atoms with Gasteiger partial charge in [0.05, 0.1) is 11.4 Å². The molecule has 4 rings (SSSR count). The average Bonchev–Trinajstić information content (AvgIpc) is 2.95. The molecule has 0 spiro atoms. The number of halogens is 3. The number of rotatable bonds is 8. The van der Waals surface area contributed by atoms with Crippen molar-refractivity contribution in [1.29, 1.82) is 0 Å². The summed E-state index contributed by atoms with van der Waals surface area (Å²) in [7, 11) is -8.20. The third kappa shape index (κ3) is 6.77. The van der Waals surface area contributed by atoms with Crippen LogP contribution in [0.5, 0.6) is 5.75 Å². The van der Waals surface area contributed by atoms with Crippen LogP contribution in [0.25, 0.3) is 10.8 Å². The second-order valence-corrected chi connectivity index (χ2v) is 18.8. The van der Waals surface area contributed by atoms with Crippen molar-refractivity contribution in [1.82, 2.24) is 0 Å². The first-order valence-corrected chi connectivity index (χ1v) is 18.1. The van der Waals surface area contributed by atoms with Crippen LogP contribution in [0.4, 0.5) is 18.9 Å². The molecule has 0 aromatic heterocycles. The molecule has 0 aliphatic carbocycles. The highest BCUT2D eigenvalue weighted by Gasteiger charge is 2.49. The molecule has 4 aromatic carbocycles. The van der Waals surface area contributed by atoms with Crippen LogP contribution in [0.2, 0.25) is 16.6 Å². The lowest BCUT2D eigenvalue weighted by atomic mass is 10.0. The Bertz CT molecular complexity index is 1760. The highest BCUT2D eigenvalue weighted by molar-refractivity contribution is 7.88. The quantitative estimate of drug-likeness (QED) is 0.0637. The van der Waals surface area contributed by atoms with Crippen molar-refractivity contribution in [3.63, 3.8) is 0 Å². The first-order valence-electron chi connectivity index (χ1n) is 14.5. The lowest BCUT2D eigenvalue weighted by Gasteiger charge is -2.38. The SMILES string of the molecule is CC(C)[Si](C#Cc1cccc2cc(N=C(c3ccccc3)c3ccccc3)cc(OS(=O)(=O)C(F)(F)F)c12)(C(C)C)C(C)C. The summed E-state index contributed by atoms with van der Waals surface area (Å²) in [5, 5.41) is 0.642. The van der Waals surface area contributed by atoms with Gasteiger partial charge in [-0.3, -0.25) is 0 Å². The second kappa shape index (κ2) is 13.0. The standard InChI is InChI=1S/C35H36F3NO3SSi/c1-24(2)44(25(3)4,26(5)6)21-20-27-18-13-19-30-22-31(23-32(33(27)30)42-43(40,41)35(36,37)38)39-34(28-14-9-7-10-15-28)29-16-11-8-12-17-29/h7-19,22-26H,1-6H3. The van der Waals surface area contributed by atoms with Gasteiger partial charge in [0.25, 0.3) is 0 Å². The largest absolute Gasteiger partial charge is 0.534 e. The van der Waals surface area contributed by atoms with Crippen molar-refractivity contribution in [3.05, 3.63) is 108 Å². The monoisotopic (exact) mass is 635 g/mol. The van der Waals surface area contributed by atoms with E-state index in [1.807, 2.05) is 60.7 Å². The van der Waals surface area contributed by atoms with Crippen molar-refractivity contribution in [3.8, 4) is 17.2 Å². The van der Waals surface area contributed by atoms with Gasteiger partial charge in [0.15, 0.2) is 5.75 Å². The fourth-order valence-corrected chi connectivity index (χ4v) is 11.7. The molecule has 0 aliphatic heterocycles. The molecule has 0 saturated heterocycles. The Labute approximate surface area is 259 Å². The zero-order valence-electron chi connectivity index (χ0n) is 25.6. The van der Waals surface area contributed by atoms with Gasteiger partial charge >= 0.3 is 15.6 Å². The minimum Gasteiger partial charge on any atom is -0.375 e. The summed E-state index contributed by atoms with van der Waals surface area (Å²) in [6, 6.07) is 26.7. The van der Waals surface area contributed by atoms with Gasteiger partial charge in [-0.2, -0.15) is 21.6 Å². The Hall–Kier alpha value is -3.87. The number of benzene rings is 4. The van der Waals surface area contributed by atoms with Crippen molar-refractivity contribution in [2.75, 3.05) is 0 Å². The lowest BCUT2D eigenvalue weighted by molar-refractivity contribution is -0.0499. The molecule has 230 valence electrons. The van der Waals surface area contributed by atoms with Gasteiger partial charge in [-0.05, 0) is 34.1 Å². The van der Waals surface area contributed by atoms with Gasteiger partial charge < -0.3 is 4.18 Å². The van der Waals surface area contributed by atoms with E-state index in [2.05, 4.69) is 53.0 Å². The summed E-state index contributed by atoms with van der Waals surface area (Å²) in [5.74, 6) is 2.79. The zero-order valence-corrected chi connectivity index (χ0v) is 27.4. The summed E-state index contributed by atoms with van der Waals surface area (Å²) in [6.45, 7) is 13.0. The summed E-state index contributed by atoms with van der Waals surface area (Å²) in [4.78, 5) is 4.82. The van der Waals surface area contributed by atoms with E-state index in [0.717, 1.165) is 11.1 Å². The maximum Gasteiger partial charge on any atom is 0.534 e. The smallest absolute Gasteiger partial charge is 0.375 e. The van der Waals surface area contributed by atoms with Crippen LogP contribution >= 0.6 is 0 Å². The molecule has 4 aromatic rings. The van der Waals surface area contributed by atoms with E-state index in [1.54, 1.807) is 24.3 Å². The molecule has 9 heteroatoms. The number of nitrogens with zero attached hydrogens (tertiary/aromatic N) is 1. The fourth-order valence-electron chi connectivity index (χ4n) is 6.00. The van der Waals surface area contributed by atoms with Crippen LogP contribution in [-0.4, -0.2) is 27.7 Å². The third-order valence-corrected chi connectivity index (χ3v) is 15.3. The minimum atomic E-state index is -5.98. The van der Waals surface area contributed by atoms with Gasteiger partial charge in [0, 0.05) is 28.1 Å². The summed E-state index contributed by atoms with van der Waals surface area (Å²) < 4.78 is 70.2. The van der Waals surface area contributed by atoms with Gasteiger partial charge in [-0.15, -0.1) is 5.54 Å². The second-order valence-electron chi connectivity index (χ2n) is 11.7. The molecule has 0 N–H and O–H groups in total. The van der Waals surface area contributed by atoms with E-state index in [9.17, 15) is 21.6 Å². The first kappa shape index (κ1) is 33.0. The molecule has 4 nitrogen and oxygen atoms in total. The highest BCUT2D eigenvalue weighted by Crippen LogP contribution is 2.42.